The quantitative estimate of drug-likeness (QED) is 0.418. The minimum absolute atomic E-state index is 0. The Morgan fingerprint density at radius 1 is 1.17 bits per heavy atom. The zero-order valence-corrected chi connectivity index (χ0v) is 12.0. The van der Waals surface area contributed by atoms with Gasteiger partial charge in [0.15, 0.2) is 0 Å². The zero-order chi connectivity index (χ0) is 7.02. The molecule has 1 rings (SSSR count). The third-order valence-corrected chi connectivity index (χ3v) is 3.99. The van der Waals surface area contributed by atoms with Gasteiger partial charge in [0.05, 0.1) is 0 Å². The van der Waals surface area contributed by atoms with Crippen molar-refractivity contribution in [2.45, 2.75) is 20.8 Å². The summed E-state index contributed by atoms with van der Waals surface area (Å²) < 4.78 is 1.62. The Kier molecular flexibility index (Phi) is 12.0. The molecule has 0 aromatic heterocycles. The van der Waals surface area contributed by atoms with E-state index >= 15 is 0 Å². The van der Waals surface area contributed by atoms with Crippen molar-refractivity contribution in [1.82, 2.24) is 0 Å². The van der Waals surface area contributed by atoms with Crippen LogP contribution in [0.2, 0.25) is 0 Å². The Labute approximate surface area is 108 Å². The van der Waals surface area contributed by atoms with Crippen LogP contribution in [0.4, 0.5) is 0 Å². The molecule has 0 aromatic carbocycles. The van der Waals surface area contributed by atoms with Crippen LogP contribution in [0, 0.1) is 5.92 Å². The van der Waals surface area contributed by atoms with Crippen molar-refractivity contribution < 1.29 is 61.9 Å². The Balaban J connectivity index is -0.000000270. The fourth-order valence-electron chi connectivity index (χ4n) is 1.14. The topological polar surface area (TPSA) is 0 Å². The molecule has 1 atom stereocenters. The van der Waals surface area contributed by atoms with Gasteiger partial charge in [-0.3, -0.25) is 0 Å². The number of hydrogen-bond donors (Lipinski definition) is 0. The molecule has 0 aromatic rings. The summed E-state index contributed by atoms with van der Waals surface area (Å²) in [5.41, 5.74) is 3.01. The smallest absolute Gasteiger partial charge is 1.00 e. The number of rotatable bonds is 0. The number of halogens is 3. The molecule has 0 N–H and O–H groups in total. The van der Waals surface area contributed by atoms with Crippen molar-refractivity contribution in [2.24, 2.45) is 5.92 Å². The van der Waals surface area contributed by atoms with E-state index < -0.39 is 0 Å². The standard InChI is InChI=1S/C8H11.3ClH.Zr/c1-6-4-7(2)8(3)5-6;;;;/h4,6H,1-3H3;3*1H;/q;;;;+3/p-3. The molecule has 4 heteroatoms. The van der Waals surface area contributed by atoms with Crippen molar-refractivity contribution in [3.8, 4) is 0 Å². The molecule has 0 heterocycles. The molecule has 0 fully saturated rings. The third-order valence-electron chi connectivity index (χ3n) is 1.95. The minimum atomic E-state index is 0. The van der Waals surface area contributed by atoms with Crippen molar-refractivity contribution in [2.75, 3.05) is 0 Å². The van der Waals surface area contributed by atoms with Gasteiger partial charge in [0.1, 0.15) is 0 Å². The van der Waals surface area contributed by atoms with Crippen LogP contribution in [0.25, 0.3) is 0 Å². The molecule has 0 nitrogen and oxygen atoms in total. The second-order valence-electron chi connectivity index (χ2n) is 2.68. The molecule has 0 radical (unpaired) electrons. The van der Waals surface area contributed by atoms with Crippen LogP contribution in [0.1, 0.15) is 20.8 Å². The van der Waals surface area contributed by atoms with Gasteiger partial charge in [-0.2, -0.15) is 0 Å². The molecule has 0 spiro atoms. The first-order valence-electron chi connectivity index (χ1n) is 3.24. The summed E-state index contributed by atoms with van der Waals surface area (Å²) in [6, 6.07) is 0. The van der Waals surface area contributed by atoms with Crippen LogP contribution in [-0.4, -0.2) is 0 Å². The van der Waals surface area contributed by atoms with Gasteiger partial charge in [0.25, 0.3) is 0 Å². The van der Waals surface area contributed by atoms with Gasteiger partial charge >= 0.3 is 71.9 Å². The molecular weight excluding hydrogens is 294 g/mol. The molecule has 1 aliphatic carbocycles. The molecule has 0 saturated carbocycles. The first kappa shape index (κ1) is 18.9. The van der Waals surface area contributed by atoms with Gasteiger partial charge in [-0.1, -0.05) is 0 Å². The predicted octanol–water partition coefficient (Wildman–Crippen LogP) is -6.58. The van der Waals surface area contributed by atoms with Crippen LogP contribution in [0.15, 0.2) is 20.5 Å². The molecular formula is C8H11Cl3Zr. The maximum Gasteiger partial charge on any atom is -1.00 e. The summed E-state index contributed by atoms with van der Waals surface area (Å²) in [4.78, 5) is 0. The van der Waals surface area contributed by atoms with Crippen LogP contribution >= 0.6 is 0 Å². The molecule has 1 aliphatic rings. The first-order chi connectivity index (χ1) is 4.13. The second-order valence-corrected chi connectivity index (χ2v) is 4.00. The normalized spacial score (nSPS) is 20.4. The van der Waals surface area contributed by atoms with E-state index in [1.54, 1.807) is 28.0 Å². The Bertz CT molecular complexity index is 196. The summed E-state index contributed by atoms with van der Waals surface area (Å²) in [6.07, 6.45) is 2.35. The summed E-state index contributed by atoms with van der Waals surface area (Å²) in [6.45, 7) is 6.69. The van der Waals surface area contributed by atoms with E-state index in [-0.39, 0.29) is 37.2 Å². The maximum atomic E-state index is 2.35. The van der Waals surface area contributed by atoms with Crippen LogP contribution in [0.5, 0.6) is 0 Å². The molecule has 68 valence electrons. The van der Waals surface area contributed by atoms with Gasteiger partial charge in [0.2, 0.25) is 0 Å². The maximum absolute atomic E-state index is 2.35. The zero-order valence-electron chi connectivity index (χ0n) is 7.29. The summed E-state index contributed by atoms with van der Waals surface area (Å²) in [5.74, 6) is 0.725. The van der Waals surface area contributed by atoms with Crippen molar-refractivity contribution >= 4 is 0 Å². The molecule has 0 bridgehead atoms. The predicted molar refractivity (Wildman–Crippen MR) is 35.6 cm³/mol. The van der Waals surface area contributed by atoms with E-state index in [9.17, 15) is 0 Å². The van der Waals surface area contributed by atoms with Crippen LogP contribution < -0.4 is 37.2 Å². The Morgan fingerprint density at radius 3 is 1.67 bits per heavy atom. The van der Waals surface area contributed by atoms with Crippen molar-refractivity contribution in [3.63, 3.8) is 0 Å². The van der Waals surface area contributed by atoms with E-state index in [2.05, 4.69) is 26.8 Å². The SMILES string of the molecule is CC1=CC(C)[C]([Zr+3])=C1C.[Cl-].[Cl-].[Cl-]. The van der Waals surface area contributed by atoms with E-state index in [0.29, 0.717) is 0 Å². The molecule has 0 saturated heterocycles. The molecule has 0 aliphatic heterocycles. The Morgan fingerprint density at radius 2 is 1.58 bits per heavy atom. The monoisotopic (exact) mass is 302 g/mol. The molecule has 12 heavy (non-hydrogen) atoms. The van der Waals surface area contributed by atoms with E-state index in [4.69, 9.17) is 0 Å². The van der Waals surface area contributed by atoms with Gasteiger partial charge in [-0.05, 0) is 0 Å². The van der Waals surface area contributed by atoms with Crippen LogP contribution in [0.3, 0.4) is 0 Å². The summed E-state index contributed by atoms with van der Waals surface area (Å²) in [7, 11) is 0. The van der Waals surface area contributed by atoms with E-state index in [1.165, 1.54) is 11.1 Å². The fourth-order valence-corrected chi connectivity index (χ4v) is 1.83. The van der Waals surface area contributed by atoms with Gasteiger partial charge in [0, 0.05) is 0 Å². The second kappa shape index (κ2) is 7.62. The van der Waals surface area contributed by atoms with Crippen molar-refractivity contribution in [1.29, 1.82) is 0 Å². The number of hydrogen-bond acceptors (Lipinski definition) is 0. The Hall–Kier alpha value is 1.23. The van der Waals surface area contributed by atoms with Gasteiger partial charge < -0.3 is 37.2 Å². The number of allylic oxidation sites excluding steroid dienone is 4. The summed E-state index contributed by atoms with van der Waals surface area (Å²) >= 11 is 1.58. The van der Waals surface area contributed by atoms with E-state index in [0.717, 1.165) is 5.92 Å². The molecule has 1 unspecified atom stereocenters. The third kappa shape index (κ3) is 3.96. The fraction of sp³-hybridized carbons (Fsp3) is 0.500. The average Bonchev–Trinajstić information content (AvgIpc) is 1.98. The van der Waals surface area contributed by atoms with Crippen molar-refractivity contribution in [3.05, 3.63) is 20.5 Å². The minimum Gasteiger partial charge on any atom is -1.00 e. The van der Waals surface area contributed by atoms with Gasteiger partial charge in [-0.25, -0.2) is 0 Å². The average molecular weight is 305 g/mol. The summed E-state index contributed by atoms with van der Waals surface area (Å²) in [5, 5.41) is 0. The molecule has 0 amide bonds. The first-order valence-corrected chi connectivity index (χ1v) is 4.47. The largest absolute Gasteiger partial charge is 1.00 e. The van der Waals surface area contributed by atoms with Gasteiger partial charge in [-0.15, -0.1) is 0 Å². The van der Waals surface area contributed by atoms with Crippen LogP contribution in [-0.2, 0) is 24.7 Å². The van der Waals surface area contributed by atoms with E-state index in [1.807, 2.05) is 0 Å².